The lowest BCUT2D eigenvalue weighted by Gasteiger charge is -2.31. The molecule has 0 bridgehead atoms. The van der Waals surface area contributed by atoms with E-state index in [2.05, 4.69) is 15.2 Å². The minimum absolute atomic E-state index is 0.0876. The van der Waals surface area contributed by atoms with Gasteiger partial charge in [0.2, 0.25) is 5.91 Å². The molecular formula is C18H22N4O2S. The van der Waals surface area contributed by atoms with Gasteiger partial charge in [0.05, 0.1) is 17.1 Å². The largest absolute Gasteiger partial charge is 0.369 e. The number of hydrogen-bond acceptors (Lipinski definition) is 5. The number of aromatic nitrogens is 1. The molecule has 3 rings (SSSR count). The summed E-state index contributed by atoms with van der Waals surface area (Å²) >= 11 is 1.34. The Kier molecular flexibility index (Phi) is 5.45. The van der Waals surface area contributed by atoms with Crippen LogP contribution >= 0.6 is 11.3 Å². The van der Waals surface area contributed by atoms with E-state index in [1.807, 2.05) is 31.2 Å². The number of rotatable bonds is 5. The number of nitrogens with two attached hydrogens (primary N) is 1. The molecule has 1 aliphatic rings. The van der Waals surface area contributed by atoms with Crippen LogP contribution in [0, 0.1) is 12.8 Å². The van der Waals surface area contributed by atoms with Crippen molar-refractivity contribution in [1.29, 1.82) is 0 Å². The van der Waals surface area contributed by atoms with E-state index in [9.17, 15) is 9.59 Å². The van der Waals surface area contributed by atoms with E-state index >= 15 is 0 Å². The highest BCUT2D eigenvalue weighted by atomic mass is 32.1. The van der Waals surface area contributed by atoms with Crippen LogP contribution in [0.5, 0.6) is 0 Å². The van der Waals surface area contributed by atoms with Crippen molar-refractivity contribution in [3.05, 3.63) is 45.9 Å². The first-order chi connectivity index (χ1) is 12.0. The number of likely N-dealkylation sites (tertiary alicyclic amines) is 1. The number of primary amides is 1. The number of carbonyl (C=O) groups is 2. The van der Waals surface area contributed by atoms with Gasteiger partial charge in [0.1, 0.15) is 4.88 Å². The summed E-state index contributed by atoms with van der Waals surface area (Å²) < 4.78 is 0. The molecule has 1 unspecified atom stereocenters. The third-order valence-corrected chi connectivity index (χ3v) is 5.45. The fourth-order valence-corrected chi connectivity index (χ4v) is 3.85. The van der Waals surface area contributed by atoms with Crippen LogP contribution in [0.2, 0.25) is 0 Å². The fourth-order valence-electron chi connectivity index (χ4n) is 3.15. The lowest BCUT2D eigenvalue weighted by Crippen LogP contribution is -2.40. The van der Waals surface area contributed by atoms with Gasteiger partial charge in [0.15, 0.2) is 0 Å². The van der Waals surface area contributed by atoms with E-state index in [1.165, 1.54) is 11.3 Å². The number of nitrogens with zero attached hydrogens (tertiary/aromatic N) is 2. The van der Waals surface area contributed by atoms with E-state index < -0.39 is 0 Å². The molecule has 25 heavy (non-hydrogen) atoms. The van der Waals surface area contributed by atoms with E-state index in [0.717, 1.165) is 36.3 Å². The van der Waals surface area contributed by atoms with E-state index in [-0.39, 0.29) is 17.7 Å². The molecule has 1 aromatic carbocycles. The number of anilines is 1. The van der Waals surface area contributed by atoms with Crippen molar-refractivity contribution < 1.29 is 9.59 Å². The average Bonchev–Trinajstić information content (AvgIpc) is 3.03. The molecule has 6 nitrogen and oxygen atoms in total. The van der Waals surface area contributed by atoms with E-state index in [1.54, 1.807) is 5.51 Å². The van der Waals surface area contributed by atoms with Gasteiger partial charge in [-0.25, -0.2) is 4.98 Å². The first-order valence-electron chi connectivity index (χ1n) is 8.35. The topological polar surface area (TPSA) is 88.3 Å². The number of carbonyl (C=O) groups excluding carboxylic acids is 2. The number of amides is 2. The molecule has 0 radical (unpaired) electrons. The Bertz CT molecular complexity index is 774. The van der Waals surface area contributed by atoms with Crippen molar-refractivity contribution >= 4 is 28.8 Å². The molecule has 2 aromatic rings. The Labute approximate surface area is 151 Å². The number of piperidine rings is 1. The van der Waals surface area contributed by atoms with Crippen molar-refractivity contribution in [2.45, 2.75) is 26.3 Å². The van der Waals surface area contributed by atoms with Crippen LogP contribution in [0.1, 0.15) is 33.8 Å². The maximum absolute atomic E-state index is 12.5. The molecule has 1 atom stereocenters. The van der Waals surface area contributed by atoms with Crippen molar-refractivity contribution in [3.63, 3.8) is 0 Å². The van der Waals surface area contributed by atoms with E-state index in [0.29, 0.717) is 18.0 Å². The van der Waals surface area contributed by atoms with Crippen molar-refractivity contribution in [2.24, 2.45) is 11.7 Å². The van der Waals surface area contributed by atoms with Crippen LogP contribution in [0.3, 0.4) is 0 Å². The molecular weight excluding hydrogens is 336 g/mol. The summed E-state index contributed by atoms with van der Waals surface area (Å²) in [6.45, 7) is 4.11. The highest BCUT2D eigenvalue weighted by Gasteiger charge is 2.24. The van der Waals surface area contributed by atoms with Gasteiger partial charge in [0.25, 0.3) is 5.91 Å². The Morgan fingerprint density at radius 1 is 1.40 bits per heavy atom. The Hall–Kier alpha value is -2.25. The summed E-state index contributed by atoms with van der Waals surface area (Å²) in [5, 5.41) is 2.99. The summed E-state index contributed by atoms with van der Waals surface area (Å²) in [5.74, 6) is -0.455. The maximum Gasteiger partial charge on any atom is 0.267 e. The monoisotopic (exact) mass is 358 g/mol. The number of thiazole rings is 1. The molecule has 7 heteroatoms. The summed E-state index contributed by atoms with van der Waals surface area (Å²) in [6, 6.07) is 7.77. The van der Waals surface area contributed by atoms with E-state index in [4.69, 9.17) is 5.73 Å². The molecule has 1 saturated heterocycles. The van der Waals surface area contributed by atoms with Crippen LogP contribution in [0.25, 0.3) is 0 Å². The second-order valence-electron chi connectivity index (χ2n) is 6.35. The minimum Gasteiger partial charge on any atom is -0.369 e. The number of benzene rings is 1. The van der Waals surface area contributed by atoms with Gasteiger partial charge in [-0.1, -0.05) is 18.2 Å². The zero-order valence-corrected chi connectivity index (χ0v) is 15.0. The second-order valence-corrected chi connectivity index (χ2v) is 7.21. The van der Waals surface area contributed by atoms with Gasteiger partial charge < -0.3 is 11.1 Å². The van der Waals surface area contributed by atoms with Crippen LogP contribution in [-0.4, -0.2) is 34.8 Å². The van der Waals surface area contributed by atoms with Gasteiger partial charge in [-0.2, -0.15) is 0 Å². The maximum atomic E-state index is 12.5. The molecule has 0 aliphatic carbocycles. The Balaban J connectivity index is 1.72. The van der Waals surface area contributed by atoms with Gasteiger partial charge in [0, 0.05) is 18.8 Å². The van der Waals surface area contributed by atoms with Gasteiger partial charge in [-0.15, -0.1) is 11.3 Å². The quantitative estimate of drug-likeness (QED) is 0.859. The standard InChI is InChI=1S/C18H22N4O2S/c1-12-16(25-11-20-12)18(24)21-15-7-3-2-5-13(15)9-22-8-4-6-14(10-22)17(19)23/h2-3,5,7,11,14H,4,6,8-10H2,1H3,(H2,19,23)(H,21,24). The Morgan fingerprint density at radius 2 is 2.20 bits per heavy atom. The highest BCUT2D eigenvalue weighted by Crippen LogP contribution is 2.23. The number of para-hydroxylation sites is 1. The summed E-state index contributed by atoms with van der Waals surface area (Å²) in [4.78, 5) is 30.9. The van der Waals surface area contributed by atoms with Gasteiger partial charge in [-0.05, 0) is 37.9 Å². The van der Waals surface area contributed by atoms with Crippen molar-refractivity contribution in [3.8, 4) is 0 Å². The SMILES string of the molecule is Cc1ncsc1C(=O)Nc1ccccc1CN1CCCC(C(N)=O)C1. The van der Waals surface area contributed by atoms with Crippen LogP contribution in [0.15, 0.2) is 29.8 Å². The second kappa shape index (κ2) is 7.76. The lowest BCUT2D eigenvalue weighted by molar-refractivity contribution is -0.123. The minimum atomic E-state index is -0.230. The number of hydrogen-bond donors (Lipinski definition) is 2. The zero-order valence-electron chi connectivity index (χ0n) is 14.2. The highest BCUT2D eigenvalue weighted by molar-refractivity contribution is 7.12. The molecule has 0 saturated carbocycles. The molecule has 1 fully saturated rings. The number of nitrogens with one attached hydrogen (secondary N) is 1. The predicted molar refractivity (Wildman–Crippen MR) is 98.4 cm³/mol. The molecule has 0 spiro atoms. The van der Waals surface area contributed by atoms with Crippen LogP contribution in [-0.2, 0) is 11.3 Å². The molecule has 1 aliphatic heterocycles. The summed E-state index contributed by atoms with van der Waals surface area (Å²) in [6.07, 6.45) is 1.82. The molecule has 2 amide bonds. The summed E-state index contributed by atoms with van der Waals surface area (Å²) in [7, 11) is 0. The smallest absolute Gasteiger partial charge is 0.267 e. The fraction of sp³-hybridized carbons (Fsp3) is 0.389. The first-order valence-corrected chi connectivity index (χ1v) is 9.23. The van der Waals surface area contributed by atoms with Crippen molar-refractivity contribution in [1.82, 2.24) is 9.88 Å². The molecule has 3 N–H and O–H groups in total. The van der Waals surface area contributed by atoms with Crippen molar-refractivity contribution in [2.75, 3.05) is 18.4 Å². The third-order valence-electron chi connectivity index (χ3n) is 4.52. The van der Waals surface area contributed by atoms with Gasteiger partial charge >= 0.3 is 0 Å². The molecule has 2 heterocycles. The predicted octanol–water partition coefficient (Wildman–Crippen LogP) is 2.40. The van der Waals surface area contributed by atoms with Gasteiger partial charge in [-0.3, -0.25) is 14.5 Å². The van der Waals surface area contributed by atoms with Crippen LogP contribution in [0.4, 0.5) is 5.69 Å². The van der Waals surface area contributed by atoms with Crippen LogP contribution < -0.4 is 11.1 Å². The third kappa shape index (κ3) is 4.24. The lowest BCUT2D eigenvalue weighted by atomic mass is 9.97. The first kappa shape index (κ1) is 17.6. The summed E-state index contributed by atoms with van der Waals surface area (Å²) in [5.41, 5.74) is 9.69. The normalized spacial score (nSPS) is 18.0. The molecule has 1 aromatic heterocycles. The average molecular weight is 358 g/mol. The zero-order chi connectivity index (χ0) is 17.8. The number of aryl methyl sites for hydroxylation is 1. The Morgan fingerprint density at radius 3 is 2.92 bits per heavy atom. The molecule has 132 valence electrons.